The minimum absolute atomic E-state index is 0.129. The number of ether oxygens (including phenoxy) is 1. The van der Waals surface area contributed by atoms with Crippen molar-refractivity contribution in [3.8, 4) is 11.8 Å². The highest BCUT2D eigenvalue weighted by atomic mass is 31.2. The minimum atomic E-state index is -3.14. The second-order valence-corrected chi connectivity index (χ2v) is 11.2. The SMILES string of the molecule is C=C(C#N)[C@@H](NP1(=O)N(C(C)C)[C@@H]2CCCC[C@H]2N1C(C)C)c1ccc(OC)cc1. The molecule has 1 saturated heterocycles. The number of nitrogens with zero attached hydrogens (tertiary/aromatic N) is 3. The zero-order valence-electron chi connectivity index (χ0n) is 18.8. The van der Waals surface area contributed by atoms with E-state index < -0.39 is 13.6 Å². The van der Waals surface area contributed by atoms with E-state index in [2.05, 4.69) is 54.8 Å². The van der Waals surface area contributed by atoms with Crippen molar-refractivity contribution in [1.29, 1.82) is 5.26 Å². The van der Waals surface area contributed by atoms with Gasteiger partial charge in [-0.05, 0) is 58.2 Å². The summed E-state index contributed by atoms with van der Waals surface area (Å²) in [6.45, 7) is 12.4. The van der Waals surface area contributed by atoms with Gasteiger partial charge in [0.1, 0.15) is 5.75 Å². The van der Waals surface area contributed by atoms with Crippen molar-refractivity contribution in [1.82, 2.24) is 14.4 Å². The second-order valence-electron chi connectivity index (χ2n) is 8.88. The van der Waals surface area contributed by atoms with Crippen molar-refractivity contribution in [2.75, 3.05) is 7.11 Å². The predicted molar refractivity (Wildman–Crippen MR) is 121 cm³/mol. The molecule has 1 aliphatic carbocycles. The van der Waals surface area contributed by atoms with Gasteiger partial charge in [-0.1, -0.05) is 31.6 Å². The summed E-state index contributed by atoms with van der Waals surface area (Å²) in [6.07, 6.45) is 4.46. The fraction of sp³-hybridized carbons (Fsp3) is 0.609. The highest BCUT2D eigenvalue weighted by molar-refractivity contribution is 7.57. The van der Waals surface area contributed by atoms with Crippen molar-refractivity contribution in [2.24, 2.45) is 0 Å². The van der Waals surface area contributed by atoms with Crippen LogP contribution in [0, 0.1) is 11.3 Å². The molecule has 0 bridgehead atoms. The molecule has 1 aromatic carbocycles. The van der Waals surface area contributed by atoms with E-state index in [1.54, 1.807) is 7.11 Å². The predicted octanol–water partition coefficient (Wildman–Crippen LogP) is 5.26. The van der Waals surface area contributed by atoms with Crippen LogP contribution in [0.3, 0.4) is 0 Å². The lowest BCUT2D eigenvalue weighted by Gasteiger charge is -2.38. The molecule has 1 aliphatic heterocycles. The molecule has 164 valence electrons. The maximum absolute atomic E-state index is 14.8. The zero-order chi connectivity index (χ0) is 22.1. The standard InChI is InChI=1S/C23H35N4O2P/c1-16(2)26-21-9-7-8-10-22(21)27(17(3)4)30(26,28)25-23(18(5)15-24)19-11-13-20(29-6)14-12-19/h11-14,16-17,21-23H,5,7-10H2,1-4,6H3,(H,25,28)/t21-,22-,23-/m1/s1. The van der Waals surface area contributed by atoms with Crippen molar-refractivity contribution in [2.45, 2.75) is 83.6 Å². The highest BCUT2D eigenvalue weighted by Crippen LogP contribution is 2.64. The molecule has 0 radical (unpaired) electrons. The summed E-state index contributed by atoms with van der Waals surface area (Å²) in [6, 6.07) is 10.0. The van der Waals surface area contributed by atoms with Crippen molar-refractivity contribution >= 4 is 7.59 Å². The first kappa shape index (κ1) is 23.0. The molecule has 30 heavy (non-hydrogen) atoms. The number of nitriles is 1. The van der Waals surface area contributed by atoms with Crippen LogP contribution in [0.5, 0.6) is 5.75 Å². The van der Waals surface area contributed by atoms with E-state index in [4.69, 9.17) is 4.74 Å². The average Bonchev–Trinajstić information content (AvgIpc) is 2.99. The van der Waals surface area contributed by atoms with Crippen molar-refractivity contribution < 1.29 is 9.30 Å². The third-order valence-electron chi connectivity index (χ3n) is 6.30. The molecule has 0 amide bonds. The van der Waals surface area contributed by atoms with Gasteiger partial charge in [0.05, 0.1) is 19.2 Å². The molecule has 0 unspecified atom stereocenters. The Morgan fingerprint density at radius 2 is 1.63 bits per heavy atom. The van der Waals surface area contributed by atoms with E-state index in [0.717, 1.165) is 24.2 Å². The van der Waals surface area contributed by atoms with Crippen LogP contribution in [0.2, 0.25) is 0 Å². The number of fused-ring (bicyclic) bond motifs is 1. The van der Waals surface area contributed by atoms with E-state index in [0.29, 0.717) is 5.57 Å². The molecule has 6 nitrogen and oxygen atoms in total. The Morgan fingerprint density at radius 3 is 2.03 bits per heavy atom. The molecule has 1 heterocycles. The monoisotopic (exact) mass is 430 g/mol. The molecular formula is C23H35N4O2P. The van der Waals surface area contributed by atoms with E-state index in [1.165, 1.54) is 12.8 Å². The van der Waals surface area contributed by atoms with E-state index >= 15 is 0 Å². The normalized spacial score (nSPS) is 25.1. The summed E-state index contributed by atoms with van der Waals surface area (Å²) in [5.41, 5.74) is 1.22. The van der Waals surface area contributed by atoms with Gasteiger partial charge in [-0.2, -0.15) is 5.26 Å². The first-order valence-electron chi connectivity index (χ1n) is 10.9. The maximum Gasteiger partial charge on any atom is 0.286 e. The topological polar surface area (TPSA) is 68.6 Å². The van der Waals surface area contributed by atoms with Gasteiger partial charge in [-0.3, -0.25) is 4.57 Å². The molecule has 0 spiro atoms. The Labute approximate surface area is 181 Å². The van der Waals surface area contributed by atoms with Crippen LogP contribution in [0.4, 0.5) is 0 Å². The van der Waals surface area contributed by atoms with Crippen LogP contribution in [-0.2, 0) is 4.57 Å². The average molecular weight is 431 g/mol. The van der Waals surface area contributed by atoms with Crippen LogP contribution in [0.15, 0.2) is 36.4 Å². The fourth-order valence-electron chi connectivity index (χ4n) is 5.14. The van der Waals surface area contributed by atoms with Gasteiger partial charge in [0.2, 0.25) is 0 Å². The molecule has 1 N–H and O–H groups in total. The molecular weight excluding hydrogens is 395 g/mol. The number of hydrogen-bond acceptors (Lipinski definition) is 3. The Balaban J connectivity index is 2.06. The largest absolute Gasteiger partial charge is 0.497 e. The first-order chi connectivity index (χ1) is 14.2. The minimum Gasteiger partial charge on any atom is -0.497 e. The molecule has 0 aromatic heterocycles. The Kier molecular flexibility index (Phi) is 7.09. The summed E-state index contributed by atoms with van der Waals surface area (Å²) in [5.74, 6) is 0.742. The Morgan fingerprint density at radius 1 is 1.13 bits per heavy atom. The highest BCUT2D eigenvalue weighted by Gasteiger charge is 2.57. The first-order valence-corrected chi connectivity index (χ1v) is 12.5. The van der Waals surface area contributed by atoms with Gasteiger partial charge >= 0.3 is 0 Å². The van der Waals surface area contributed by atoms with Crippen LogP contribution in [0.25, 0.3) is 0 Å². The van der Waals surface area contributed by atoms with Crippen molar-refractivity contribution in [3.63, 3.8) is 0 Å². The summed E-state index contributed by atoms with van der Waals surface area (Å²) >= 11 is 0. The lowest BCUT2D eigenvalue weighted by atomic mass is 9.89. The summed E-state index contributed by atoms with van der Waals surface area (Å²) in [5, 5.41) is 13.1. The van der Waals surface area contributed by atoms with Gasteiger partial charge < -0.3 is 4.74 Å². The molecule has 2 aliphatic rings. The smallest absolute Gasteiger partial charge is 0.286 e. The number of rotatable bonds is 7. The van der Waals surface area contributed by atoms with Gasteiger partial charge in [0.25, 0.3) is 7.59 Å². The van der Waals surface area contributed by atoms with Gasteiger partial charge in [0, 0.05) is 29.7 Å². The Bertz CT molecular complexity index is 818. The lowest BCUT2D eigenvalue weighted by Crippen LogP contribution is -2.43. The number of benzene rings is 1. The maximum atomic E-state index is 14.8. The molecule has 1 saturated carbocycles. The van der Waals surface area contributed by atoms with Crippen LogP contribution < -0.4 is 9.82 Å². The second kappa shape index (κ2) is 9.24. The van der Waals surface area contributed by atoms with Gasteiger partial charge in [-0.15, -0.1) is 0 Å². The van der Waals surface area contributed by atoms with Gasteiger partial charge in [-0.25, -0.2) is 14.4 Å². The van der Waals surface area contributed by atoms with E-state index in [9.17, 15) is 9.83 Å². The van der Waals surface area contributed by atoms with E-state index in [1.807, 2.05) is 24.3 Å². The summed E-state index contributed by atoms with van der Waals surface area (Å²) in [4.78, 5) is 0. The zero-order valence-corrected chi connectivity index (χ0v) is 19.7. The van der Waals surface area contributed by atoms with Crippen LogP contribution in [0.1, 0.15) is 65.0 Å². The van der Waals surface area contributed by atoms with E-state index in [-0.39, 0.29) is 24.2 Å². The van der Waals surface area contributed by atoms with Crippen LogP contribution >= 0.6 is 7.59 Å². The quantitative estimate of drug-likeness (QED) is 0.470. The lowest BCUT2D eigenvalue weighted by molar-refractivity contribution is 0.173. The molecule has 3 atom stereocenters. The van der Waals surface area contributed by atoms with Gasteiger partial charge in [0.15, 0.2) is 0 Å². The number of hydrogen-bond donors (Lipinski definition) is 1. The summed E-state index contributed by atoms with van der Waals surface area (Å²) in [7, 11) is -1.52. The molecule has 3 rings (SSSR count). The fourth-order valence-corrected chi connectivity index (χ4v) is 8.88. The molecule has 2 fully saturated rings. The molecule has 1 aromatic rings. The van der Waals surface area contributed by atoms with Crippen LogP contribution in [-0.4, -0.2) is 40.6 Å². The third kappa shape index (κ3) is 4.09. The number of methoxy groups -OCH3 is 1. The van der Waals surface area contributed by atoms with Crippen molar-refractivity contribution in [3.05, 3.63) is 42.0 Å². The summed E-state index contributed by atoms with van der Waals surface area (Å²) < 4.78 is 24.5. The Hall–Kier alpha value is -1.64. The third-order valence-corrected chi connectivity index (χ3v) is 9.66. The molecule has 7 heteroatoms. The number of nitrogens with one attached hydrogen (secondary N) is 1.